The Morgan fingerprint density at radius 2 is 2.09 bits per heavy atom. The fourth-order valence-corrected chi connectivity index (χ4v) is 3.73. The summed E-state index contributed by atoms with van der Waals surface area (Å²) in [6.07, 6.45) is 4.70. The average Bonchev–Trinajstić information content (AvgIpc) is 2.99. The van der Waals surface area contributed by atoms with E-state index in [4.69, 9.17) is 5.73 Å². The van der Waals surface area contributed by atoms with Crippen molar-refractivity contribution in [3.63, 3.8) is 0 Å². The third-order valence-electron chi connectivity index (χ3n) is 4.15. The Kier molecular flexibility index (Phi) is 9.67. The summed E-state index contributed by atoms with van der Waals surface area (Å²) in [6, 6.07) is 0.212. The summed E-state index contributed by atoms with van der Waals surface area (Å²) in [7, 11) is 0. The van der Waals surface area contributed by atoms with Crippen molar-refractivity contribution in [1.82, 2.24) is 10.3 Å². The molecule has 7 heteroatoms. The normalized spacial score (nSPS) is 20.5. The molecule has 3 N–H and O–H groups in total. The molecule has 1 aliphatic carbocycles. The zero-order valence-corrected chi connectivity index (χ0v) is 16.6. The number of rotatable bonds is 5. The average molecular weight is 382 g/mol. The van der Waals surface area contributed by atoms with E-state index in [-0.39, 0.29) is 42.2 Å². The van der Waals surface area contributed by atoms with E-state index >= 15 is 0 Å². The lowest BCUT2D eigenvalue weighted by atomic mass is 9.93. The van der Waals surface area contributed by atoms with E-state index in [0.29, 0.717) is 18.9 Å². The number of hydrogen-bond donors (Lipinski definition) is 2. The summed E-state index contributed by atoms with van der Waals surface area (Å²) < 4.78 is 0. The Morgan fingerprint density at radius 1 is 1.39 bits per heavy atom. The monoisotopic (exact) mass is 381 g/mol. The molecule has 0 aliphatic heterocycles. The first kappa shape index (κ1) is 22.6. The third kappa shape index (κ3) is 6.96. The molecule has 23 heavy (non-hydrogen) atoms. The minimum Gasteiger partial charge on any atom is -0.356 e. The van der Waals surface area contributed by atoms with Crippen molar-refractivity contribution in [2.75, 3.05) is 6.54 Å². The minimum atomic E-state index is 0. The predicted molar refractivity (Wildman–Crippen MR) is 102 cm³/mol. The van der Waals surface area contributed by atoms with E-state index in [1.54, 1.807) is 11.3 Å². The summed E-state index contributed by atoms with van der Waals surface area (Å²) in [6.45, 7) is 7.16. The lowest BCUT2D eigenvalue weighted by molar-refractivity contribution is -0.122. The second-order valence-electron chi connectivity index (χ2n) is 7.04. The van der Waals surface area contributed by atoms with E-state index in [1.165, 1.54) is 0 Å². The molecule has 1 aromatic heterocycles. The second-order valence-corrected chi connectivity index (χ2v) is 7.98. The van der Waals surface area contributed by atoms with Gasteiger partial charge in [0.05, 0.1) is 10.7 Å². The van der Waals surface area contributed by atoms with Gasteiger partial charge in [0.2, 0.25) is 5.91 Å². The number of thiazole rings is 1. The van der Waals surface area contributed by atoms with Gasteiger partial charge < -0.3 is 11.1 Å². The van der Waals surface area contributed by atoms with Crippen molar-refractivity contribution in [3.05, 3.63) is 16.1 Å². The van der Waals surface area contributed by atoms with Crippen LogP contribution >= 0.6 is 36.2 Å². The molecule has 1 aliphatic rings. The van der Waals surface area contributed by atoms with Crippen LogP contribution in [0, 0.1) is 5.92 Å². The number of nitrogens with two attached hydrogens (primary N) is 1. The molecule has 4 nitrogen and oxygen atoms in total. The van der Waals surface area contributed by atoms with Gasteiger partial charge in [-0.05, 0) is 18.8 Å². The highest BCUT2D eigenvalue weighted by Crippen LogP contribution is 2.26. The minimum absolute atomic E-state index is 0. The Labute approximate surface area is 155 Å². The standard InChI is InChI=1S/C16H27N3OS.2ClH/c1-16(2,3)13-10-21-15(19-13)7-8-18-14(20)9-11-5-4-6-12(11)17;;/h10-12H,4-9,17H2,1-3H3,(H,18,20);2*1H/t11-,12+;;/m0../s1. The maximum atomic E-state index is 11.9. The highest BCUT2D eigenvalue weighted by atomic mass is 35.5. The fraction of sp³-hybridized carbons (Fsp3) is 0.750. The molecule has 0 saturated heterocycles. The van der Waals surface area contributed by atoms with Gasteiger partial charge in [-0.25, -0.2) is 4.98 Å². The summed E-state index contributed by atoms with van der Waals surface area (Å²) in [5, 5.41) is 6.21. The van der Waals surface area contributed by atoms with Gasteiger partial charge >= 0.3 is 0 Å². The molecule has 1 amide bonds. The first-order chi connectivity index (χ1) is 9.86. The van der Waals surface area contributed by atoms with Gasteiger partial charge in [0, 0.05) is 36.2 Å². The maximum absolute atomic E-state index is 11.9. The zero-order chi connectivity index (χ0) is 15.5. The number of aromatic nitrogens is 1. The SMILES string of the molecule is CC(C)(C)c1csc(CCNC(=O)C[C@@H]2CCC[C@H]2N)n1.Cl.Cl. The number of carbonyl (C=O) groups is 1. The number of amides is 1. The van der Waals surface area contributed by atoms with Crippen LogP contribution in [0.25, 0.3) is 0 Å². The highest BCUT2D eigenvalue weighted by molar-refractivity contribution is 7.09. The van der Waals surface area contributed by atoms with Crippen LogP contribution in [0.3, 0.4) is 0 Å². The molecule has 0 bridgehead atoms. The Bertz CT molecular complexity index is 488. The van der Waals surface area contributed by atoms with Gasteiger partial charge in [0.15, 0.2) is 0 Å². The van der Waals surface area contributed by atoms with E-state index in [0.717, 1.165) is 36.4 Å². The molecule has 2 rings (SSSR count). The molecule has 0 unspecified atom stereocenters. The van der Waals surface area contributed by atoms with E-state index in [1.807, 2.05) is 0 Å². The highest BCUT2D eigenvalue weighted by Gasteiger charge is 2.25. The molecule has 1 aromatic rings. The fourth-order valence-electron chi connectivity index (χ4n) is 2.71. The maximum Gasteiger partial charge on any atom is 0.220 e. The number of hydrogen-bond acceptors (Lipinski definition) is 4. The second kappa shape index (κ2) is 9.82. The molecule has 1 fully saturated rings. The van der Waals surface area contributed by atoms with Gasteiger partial charge in [-0.15, -0.1) is 36.2 Å². The number of nitrogens with one attached hydrogen (secondary N) is 1. The van der Waals surface area contributed by atoms with Crippen LogP contribution in [0.15, 0.2) is 5.38 Å². The van der Waals surface area contributed by atoms with Crippen LogP contribution in [-0.2, 0) is 16.6 Å². The molecule has 2 atom stereocenters. The van der Waals surface area contributed by atoms with Crippen molar-refractivity contribution in [3.8, 4) is 0 Å². The molecular formula is C16H29Cl2N3OS. The van der Waals surface area contributed by atoms with Gasteiger partial charge in [0.25, 0.3) is 0 Å². The van der Waals surface area contributed by atoms with Crippen LogP contribution in [0.1, 0.15) is 57.2 Å². The molecule has 134 valence electrons. The van der Waals surface area contributed by atoms with E-state index in [2.05, 4.69) is 36.5 Å². The van der Waals surface area contributed by atoms with E-state index in [9.17, 15) is 4.79 Å². The zero-order valence-electron chi connectivity index (χ0n) is 14.1. The van der Waals surface area contributed by atoms with Crippen molar-refractivity contribution >= 4 is 42.1 Å². The Balaban J connectivity index is 0.00000242. The lowest BCUT2D eigenvalue weighted by Crippen LogP contribution is -2.32. The lowest BCUT2D eigenvalue weighted by Gasteiger charge is -2.15. The molecular weight excluding hydrogens is 353 g/mol. The topological polar surface area (TPSA) is 68.0 Å². The first-order valence-corrected chi connectivity index (χ1v) is 8.71. The van der Waals surface area contributed by atoms with Crippen molar-refractivity contribution in [2.24, 2.45) is 11.7 Å². The van der Waals surface area contributed by atoms with Crippen LogP contribution in [0.5, 0.6) is 0 Å². The van der Waals surface area contributed by atoms with Crippen LogP contribution in [-0.4, -0.2) is 23.5 Å². The van der Waals surface area contributed by atoms with Crippen molar-refractivity contribution in [2.45, 2.75) is 64.3 Å². The van der Waals surface area contributed by atoms with Gasteiger partial charge in [-0.2, -0.15) is 0 Å². The summed E-state index contributed by atoms with van der Waals surface area (Å²) in [5.41, 5.74) is 7.23. The smallest absolute Gasteiger partial charge is 0.220 e. The Morgan fingerprint density at radius 3 is 2.61 bits per heavy atom. The van der Waals surface area contributed by atoms with Crippen LogP contribution < -0.4 is 11.1 Å². The van der Waals surface area contributed by atoms with Gasteiger partial charge in [0.1, 0.15) is 0 Å². The first-order valence-electron chi connectivity index (χ1n) is 7.83. The number of nitrogens with zero attached hydrogens (tertiary/aromatic N) is 1. The summed E-state index contributed by atoms with van der Waals surface area (Å²) in [4.78, 5) is 16.6. The Hall–Kier alpha value is -0.360. The largest absolute Gasteiger partial charge is 0.356 e. The van der Waals surface area contributed by atoms with Gasteiger partial charge in [-0.3, -0.25) is 4.79 Å². The van der Waals surface area contributed by atoms with Crippen molar-refractivity contribution < 1.29 is 4.79 Å². The molecule has 0 spiro atoms. The van der Waals surface area contributed by atoms with Crippen molar-refractivity contribution in [1.29, 1.82) is 0 Å². The predicted octanol–water partition coefficient (Wildman–Crippen LogP) is 3.46. The molecule has 0 aromatic carbocycles. The quantitative estimate of drug-likeness (QED) is 0.820. The molecule has 1 heterocycles. The third-order valence-corrected chi connectivity index (χ3v) is 5.06. The van der Waals surface area contributed by atoms with Crippen LogP contribution in [0.2, 0.25) is 0 Å². The summed E-state index contributed by atoms with van der Waals surface area (Å²) >= 11 is 1.68. The number of carbonyl (C=O) groups excluding carboxylic acids is 1. The number of halogens is 2. The van der Waals surface area contributed by atoms with Gasteiger partial charge in [-0.1, -0.05) is 27.2 Å². The van der Waals surface area contributed by atoms with Crippen LogP contribution in [0.4, 0.5) is 0 Å². The molecule has 0 radical (unpaired) electrons. The van der Waals surface area contributed by atoms with E-state index < -0.39 is 0 Å². The molecule has 1 saturated carbocycles. The summed E-state index contributed by atoms with van der Waals surface area (Å²) in [5.74, 6) is 0.502.